The number of carbonyl (C=O) groups is 4. The normalized spacial score (nSPS) is 14.5. The lowest BCUT2D eigenvalue weighted by atomic mass is 10.1. The van der Waals surface area contributed by atoms with Crippen LogP contribution < -0.4 is 24.8 Å². The third-order valence-corrected chi connectivity index (χ3v) is 7.58. The van der Waals surface area contributed by atoms with Crippen molar-refractivity contribution < 1.29 is 29.0 Å². The smallest absolute Gasteiger partial charge is 0.338 e. The van der Waals surface area contributed by atoms with Gasteiger partial charge in [0.05, 0.1) is 12.6 Å². The van der Waals surface area contributed by atoms with Gasteiger partial charge in [0, 0.05) is 37.3 Å². The molecular weight excluding hydrogens is 524 g/mol. The van der Waals surface area contributed by atoms with Crippen LogP contribution in [0.5, 0.6) is 5.75 Å². The van der Waals surface area contributed by atoms with Crippen molar-refractivity contribution in [2.24, 2.45) is 0 Å². The number of hydrogen-bond donors (Lipinski definition) is 3. The molecule has 4 amide bonds. The molecule has 1 aliphatic carbocycles. The molecule has 3 N–H and O–H groups in total. The van der Waals surface area contributed by atoms with Gasteiger partial charge in [-0.2, -0.15) is 0 Å². The molecule has 0 spiro atoms. The van der Waals surface area contributed by atoms with Crippen LogP contribution in [0.1, 0.15) is 36.0 Å². The summed E-state index contributed by atoms with van der Waals surface area (Å²) in [5.41, 5.74) is 1.70. The van der Waals surface area contributed by atoms with E-state index in [1.807, 2.05) is 49.5 Å². The number of carbonyl (C=O) groups excluding carboxylic acids is 3. The lowest BCUT2D eigenvalue weighted by Crippen LogP contribution is -2.60. The fourth-order valence-electron chi connectivity index (χ4n) is 5.18. The lowest BCUT2D eigenvalue weighted by molar-refractivity contribution is -0.130. The van der Waals surface area contributed by atoms with Crippen molar-refractivity contribution >= 4 is 40.9 Å². The summed E-state index contributed by atoms with van der Waals surface area (Å²) in [4.78, 5) is 52.1. The number of rotatable bonds is 10. The average Bonchev–Trinajstić information content (AvgIpc) is 3.54. The summed E-state index contributed by atoms with van der Waals surface area (Å²) in [7, 11) is 3.51. The quantitative estimate of drug-likeness (QED) is 0.311. The Morgan fingerprint density at radius 1 is 0.951 bits per heavy atom. The van der Waals surface area contributed by atoms with E-state index < -0.39 is 12.0 Å². The second kappa shape index (κ2) is 13.1. The monoisotopic (exact) mass is 559 g/mol. The van der Waals surface area contributed by atoms with Gasteiger partial charge in [0.25, 0.3) is 5.91 Å². The Kier molecular flexibility index (Phi) is 9.36. The predicted molar refractivity (Wildman–Crippen MR) is 157 cm³/mol. The van der Waals surface area contributed by atoms with Crippen LogP contribution in [0.4, 0.5) is 21.9 Å². The van der Waals surface area contributed by atoms with E-state index in [9.17, 15) is 24.3 Å². The van der Waals surface area contributed by atoms with Crippen molar-refractivity contribution in [1.82, 2.24) is 9.80 Å². The van der Waals surface area contributed by atoms with Crippen molar-refractivity contribution in [3.05, 3.63) is 84.4 Å². The molecule has 1 atom stereocenters. The van der Waals surface area contributed by atoms with Gasteiger partial charge in [-0.3, -0.25) is 4.79 Å². The molecular formula is C31H35N4O6+. The maximum absolute atomic E-state index is 13.9. The van der Waals surface area contributed by atoms with Crippen LogP contribution in [-0.2, 0) is 9.59 Å². The number of likely N-dealkylation sites (N-methyl/N-ethyl adjacent to an activating group) is 2. The molecule has 4 rings (SSSR count). The van der Waals surface area contributed by atoms with E-state index in [0.717, 1.165) is 31.4 Å². The first kappa shape index (κ1) is 29.3. The highest BCUT2D eigenvalue weighted by Crippen LogP contribution is 2.39. The minimum absolute atomic E-state index is 0.0212. The number of ether oxygens (including phenoxy) is 1. The minimum Gasteiger partial charge on any atom is -0.478 e. The molecule has 214 valence electrons. The summed E-state index contributed by atoms with van der Waals surface area (Å²) in [6, 6.07) is 21.7. The summed E-state index contributed by atoms with van der Waals surface area (Å²) in [5, 5.41) is 14.4. The molecule has 10 heteroatoms. The number of hydrogen-bond acceptors (Lipinski definition) is 5. The van der Waals surface area contributed by atoms with Crippen LogP contribution >= 0.6 is 0 Å². The number of quaternary nitrogens is 1. The summed E-state index contributed by atoms with van der Waals surface area (Å²) < 4.78 is 5.94. The van der Waals surface area contributed by atoms with E-state index >= 15 is 0 Å². The van der Waals surface area contributed by atoms with E-state index in [2.05, 4.69) is 10.6 Å². The summed E-state index contributed by atoms with van der Waals surface area (Å²) >= 11 is 0. The zero-order chi connectivity index (χ0) is 29.4. The van der Waals surface area contributed by atoms with Gasteiger partial charge in [0.1, 0.15) is 12.6 Å². The van der Waals surface area contributed by atoms with E-state index in [4.69, 9.17) is 4.74 Å². The van der Waals surface area contributed by atoms with Crippen molar-refractivity contribution in [3.63, 3.8) is 0 Å². The van der Waals surface area contributed by atoms with Crippen LogP contribution in [0, 0.1) is 0 Å². The molecule has 3 aromatic carbocycles. The van der Waals surface area contributed by atoms with Gasteiger partial charge >= 0.3 is 17.9 Å². The number of aromatic carboxylic acids is 1. The SMILES string of the molecule is CN(C(=O)COc1ccccc1[N+](C)(C(=O)CNC(=O)Nc1cccc(C(=O)O)c1)C1CCCC1)c1ccccc1. The predicted octanol–water partition coefficient (Wildman–Crippen LogP) is 4.65. The highest BCUT2D eigenvalue weighted by atomic mass is 16.5. The number of amides is 4. The Balaban J connectivity index is 1.49. The highest BCUT2D eigenvalue weighted by molar-refractivity contribution is 5.98. The van der Waals surface area contributed by atoms with Gasteiger partial charge < -0.3 is 25.4 Å². The van der Waals surface area contributed by atoms with Crippen LogP contribution in [0.2, 0.25) is 0 Å². The average molecular weight is 560 g/mol. The van der Waals surface area contributed by atoms with E-state index in [-0.39, 0.29) is 41.1 Å². The lowest BCUT2D eigenvalue weighted by Gasteiger charge is -2.37. The second-order valence-electron chi connectivity index (χ2n) is 10.1. The first-order chi connectivity index (χ1) is 19.7. The Morgan fingerprint density at radius 2 is 1.63 bits per heavy atom. The molecule has 1 unspecified atom stereocenters. The first-order valence-electron chi connectivity index (χ1n) is 13.5. The summed E-state index contributed by atoms with van der Waals surface area (Å²) in [5.74, 6) is -1.16. The maximum Gasteiger partial charge on any atom is 0.338 e. The third-order valence-electron chi connectivity index (χ3n) is 7.58. The Bertz CT molecular complexity index is 1410. The summed E-state index contributed by atoms with van der Waals surface area (Å²) in [6.45, 7) is -0.473. The Morgan fingerprint density at radius 3 is 2.34 bits per heavy atom. The number of carboxylic acid groups (broad SMARTS) is 1. The van der Waals surface area contributed by atoms with Gasteiger partial charge in [-0.25, -0.2) is 18.9 Å². The van der Waals surface area contributed by atoms with Crippen LogP contribution in [0.15, 0.2) is 78.9 Å². The first-order valence-corrected chi connectivity index (χ1v) is 13.5. The van der Waals surface area contributed by atoms with Crippen molar-refractivity contribution in [1.29, 1.82) is 0 Å². The highest BCUT2D eigenvalue weighted by Gasteiger charge is 2.45. The second-order valence-corrected chi connectivity index (χ2v) is 10.1. The fourth-order valence-corrected chi connectivity index (χ4v) is 5.18. The van der Waals surface area contributed by atoms with Crippen molar-refractivity contribution in [2.45, 2.75) is 31.7 Å². The Hall–Kier alpha value is -4.70. The number of urea groups is 1. The largest absolute Gasteiger partial charge is 0.478 e. The maximum atomic E-state index is 13.9. The molecule has 0 heterocycles. The van der Waals surface area contributed by atoms with Gasteiger partial charge in [-0.15, -0.1) is 0 Å². The number of carboxylic acids is 1. The number of anilines is 2. The molecule has 1 aliphatic rings. The zero-order valence-corrected chi connectivity index (χ0v) is 23.2. The zero-order valence-electron chi connectivity index (χ0n) is 23.2. The van der Waals surface area contributed by atoms with Crippen molar-refractivity contribution in [2.75, 3.05) is 37.5 Å². The minimum atomic E-state index is -1.11. The topological polar surface area (TPSA) is 125 Å². The van der Waals surface area contributed by atoms with Gasteiger partial charge in [-0.1, -0.05) is 36.4 Å². The molecule has 1 saturated carbocycles. The van der Waals surface area contributed by atoms with E-state index in [0.29, 0.717) is 17.1 Å². The fraction of sp³-hybridized carbons (Fsp3) is 0.290. The number of benzene rings is 3. The van der Waals surface area contributed by atoms with Crippen molar-refractivity contribution in [3.8, 4) is 5.75 Å². The van der Waals surface area contributed by atoms with Gasteiger partial charge in [0.2, 0.25) is 0 Å². The van der Waals surface area contributed by atoms with Crippen LogP contribution in [-0.4, -0.2) is 62.2 Å². The standard InChI is InChI=1S/C31H34N4O6/c1-34(24-13-4-3-5-14-24)28(36)21-41-27-18-9-8-17-26(27)35(2,25-15-6-7-16-25)29(37)20-32-31(40)33-23-12-10-11-22(19-23)30(38)39/h3-5,8-14,17-19,25H,6-7,15-16,20-21H2,1-2H3,(H2-,32,33,38,39,40)/p+1. The number of nitrogens with zero attached hydrogens (tertiary/aromatic N) is 2. The number of para-hydroxylation sites is 3. The molecule has 1 fully saturated rings. The van der Waals surface area contributed by atoms with Gasteiger partial charge in [-0.05, 0) is 49.2 Å². The Labute approximate surface area is 239 Å². The van der Waals surface area contributed by atoms with Gasteiger partial charge in [0.15, 0.2) is 18.0 Å². The molecule has 41 heavy (non-hydrogen) atoms. The molecule has 0 radical (unpaired) electrons. The van der Waals surface area contributed by atoms with E-state index in [1.54, 1.807) is 25.2 Å². The molecule has 10 nitrogen and oxygen atoms in total. The molecule has 3 aromatic rings. The molecule has 0 saturated heterocycles. The molecule has 0 aliphatic heterocycles. The molecule has 0 bridgehead atoms. The third kappa shape index (κ3) is 6.90. The van der Waals surface area contributed by atoms with Crippen LogP contribution in [0.3, 0.4) is 0 Å². The number of nitrogens with one attached hydrogen (secondary N) is 2. The molecule has 0 aromatic heterocycles. The van der Waals surface area contributed by atoms with Crippen LogP contribution in [0.25, 0.3) is 0 Å². The van der Waals surface area contributed by atoms with E-state index in [1.165, 1.54) is 23.1 Å². The summed E-state index contributed by atoms with van der Waals surface area (Å²) in [6.07, 6.45) is 3.65.